The first kappa shape index (κ1) is 23.9. The molecular weight excluding hydrogens is 466 g/mol. The van der Waals surface area contributed by atoms with E-state index in [4.69, 9.17) is 4.74 Å². The van der Waals surface area contributed by atoms with Crippen LogP contribution in [0.5, 0.6) is 5.75 Å². The third-order valence-corrected chi connectivity index (χ3v) is 5.90. The van der Waals surface area contributed by atoms with Crippen LogP contribution in [0.15, 0.2) is 109 Å². The molecule has 8 heteroatoms. The number of hydrogen-bond donors (Lipinski definition) is 0. The molecule has 0 N–H and O–H groups in total. The lowest BCUT2D eigenvalue weighted by atomic mass is 10.1. The molecule has 8 nitrogen and oxygen atoms in total. The zero-order valence-electron chi connectivity index (χ0n) is 20.1. The lowest BCUT2D eigenvalue weighted by Gasteiger charge is -2.17. The van der Waals surface area contributed by atoms with Crippen LogP contribution in [-0.2, 0) is 30.9 Å². The Labute approximate surface area is 214 Å². The third-order valence-electron chi connectivity index (χ3n) is 5.90. The van der Waals surface area contributed by atoms with Gasteiger partial charge in [0.1, 0.15) is 18.1 Å². The fourth-order valence-corrected chi connectivity index (χ4v) is 4.04. The van der Waals surface area contributed by atoms with Crippen LogP contribution in [0.25, 0.3) is 0 Å². The number of hydrogen-bond acceptors (Lipinski definition) is 6. The van der Waals surface area contributed by atoms with Crippen molar-refractivity contribution in [1.82, 2.24) is 24.8 Å². The molecule has 1 aliphatic rings. The summed E-state index contributed by atoms with van der Waals surface area (Å²) in [4.78, 5) is 42.4. The number of imide groups is 1. The summed E-state index contributed by atoms with van der Waals surface area (Å²) in [6.07, 6.45) is 7.23. The number of allylic oxidation sites excluding steroid dienone is 1. The second-order valence-electron chi connectivity index (χ2n) is 8.41. The maximum atomic E-state index is 13.4. The van der Waals surface area contributed by atoms with E-state index < -0.39 is 6.03 Å². The molecule has 4 aromatic rings. The second kappa shape index (κ2) is 11.3. The number of benzene rings is 1. The van der Waals surface area contributed by atoms with E-state index in [0.29, 0.717) is 35.9 Å². The summed E-state index contributed by atoms with van der Waals surface area (Å²) in [7, 11) is 0. The average molecular weight is 492 g/mol. The van der Waals surface area contributed by atoms with Gasteiger partial charge in [0.2, 0.25) is 0 Å². The number of urea groups is 1. The molecule has 0 saturated carbocycles. The lowest BCUT2D eigenvalue weighted by molar-refractivity contribution is -0.123. The van der Waals surface area contributed by atoms with Crippen LogP contribution >= 0.6 is 0 Å². The van der Waals surface area contributed by atoms with Crippen molar-refractivity contribution in [2.24, 2.45) is 0 Å². The summed E-state index contributed by atoms with van der Waals surface area (Å²) < 4.78 is 6.02. The topological polar surface area (TPSA) is 88.5 Å². The molecule has 0 aliphatic carbocycles. The summed E-state index contributed by atoms with van der Waals surface area (Å²) in [6, 6.07) is 23.8. The second-order valence-corrected chi connectivity index (χ2v) is 8.41. The summed E-state index contributed by atoms with van der Waals surface area (Å²) in [6.45, 7) is 0.613. The van der Waals surface area contributed by atoms with Gasteiger partial charge in [0.15, 0.2) is 0 Å². The van der Waals surface area contributed by atoms with Crippen LogP contribution in [0.4, 0.5) is 4.79 Å². The minimum absolute atomic E-state index is 0.0956. The number of rotatable bonds is 9. The number of para-hydroxylation sites is 1. The summed E-state index contributed by atoms with van der Waals surface area (Å²) in [5.74, 6) is 0.335. The number of aromatic nitrogens is 3. The molecule has 1 fully saturated rings. The SMILES string of the molecule is O=C1/C(=C\Cc2ccccc2OCc2ccccn2)N(Cc2ccccn2)C(=O)N1Cc1ccccn1. The Hall–Kier alpha value is -4.85. The molecule has 0 spiro atoms. The Morgan fingerprint density at radius 3 is 1.86 bits per heavy atom. The van der Waals surface area contributed by atoms with Gasteiger partial charge in [-0.05, 0) is 54.4 Å². The maximum Gasteiger partial charge on any atom is 0.332 e. The predicted molar refractivity (Wildman–Crippen MR) is 137 cm³/mol. The maximum absolute atomic E-state index is 13.4. The van der Waals surface area contributed by atoms with Crippen molar-refractivity contribution >= 4 is 11.9 Å². The van der Waals surface area contributed by atoms with Crippen LogP contribution in [-0.4, -0.2) is 36.7 Å². The molecule has 1 aromatic carbocycles. The van der Waals surface area contributed by atoms with Crippen molar-refractivity contribution in [3.05, 3.63) is 132 Å². The van der Waals surface area contributed by atoms with E-state index in [-0.39, 0.29) is 19.0 Å². The van der Waals surface area contributed by atoms with Gasteiger partial charge in [-0.3, -0.25) is 29.5 Å². The van der Waals surface area contributed by atoms with Gasteiger partial charge in [0.05, 0.1) is 30.2 Å². The summed E-state index contributed by atoms with van der Waals surface area (Å²) >= 11 is 0. The van der Waals surface area contributed by atoms with E-state index >= 15 is 0 Å². The normalized spacial score (nSPS) is 14.4. The highest BCUT2D eigenvalue weighted by atomic mass is 16.5. The van der Waals surface area contributed by atoms with Gasteiger partial charge >= 0.3 is 6.03 Å². The van der Waals surface area contributed by atoms with E-state index in [2.05, 4.69) is 15.0 Å². The van der Waals surface area contributed by atoms with Gasteiger partial charge in [0.25, 0.3) is 5.91 Å². The molecule has 0 atom stereocenters. The number of nitrogens with zero attached hydrogens (tertiary/aromatic N) is 5. The molecule has 3 amide bonds. The minimum Gasteiger partial charge on any atom is -0.487 e. The first-order chi connectivity index (χ1) is 18.2. The Kier molecular flexibility index (Phi) is 7.26. The van der Waals surface area contributed by atoms with E-state index in [1.165, 1.54) is 9.80 Å². The van der Waals surface area contributed by atoms with Gasteiger partial charge in [-0.25, -0.2) is 4.79 Å². The zero-order valence-corrected chi connectivity index (χ0v) is 20.1. The number of pyridine rings is 3. The van der Waals surface area contributed by atoms with Crippen LogP contribution in [0.1, 0.15) is 22.6 Å². The van der Waals surface area contributed by atoms with Gasteiger partial charge in [-0.2, -0.15) is 0 Å². The van der Waals surface area contributed by atoms with E-state index in [0.717, 1.165) is 11.3 Å². The minimum atomic E-state index is -0.396. The molecule has 1 saturated heterocycles. The van der Waals surface area contributed by atoms with E-state index in [1.807, 2.05) is 66.7 Å². The fraction of sp³-hybridized carbons (Fsp3) is 0.138. The van der Waals surface area contributed by atoms with Crippen LogP contribution < -0.4 is 4.74 Å². The highest BCUT2D eigenvalue weighted by Crippen LogP contribution is 2.27. The fourth-order valence-electron chi connectivity index (χ4n) is 4.04. The van der Waals surface area contributed by atoms with Gasteiger partial charge < -0.3 is 4.74 Å². The average Bonchev–Trinajstić information content (AvgIpc) is 3.16. The number of carbonyl (C=O) groups excluding carboxylic acids is 2. The smallest absolute Gasteiger partial charge is 0.332 e. The van der Waals surface area contributed by atoms with Crippen LogP contribution in [0.2, 0.25) is 0 Å². The number of ether oxygens (including phenoxy) is 1. The number of carbonyl (C=O) groups is 2. The molecule has 0 unspecified atom stereocenters. The Bertz CT molecular complexity index is 1400. The molecule has 37 heavy (non-hydrogen) atoms. The van der Waals surface area contributed by atoms with Gasteiger partial charge in [-0.15, -0.1) is 0 Å². The van der Waals surface area contributed by atoms with Crippen LogP contribution in [0.3, 0.4) is 0 Å². The molecule has 184 valence electrons. The van der Waals surface area contributed by atoms with Crippen molar-refractivity contribution < 1.29 is 14.3 Å². The summed E-state index contributed by atoms with van der Waals surface area (Å²) in [5, 5.41) is 0. The highest BCUT2D eigenvalue weighted by molar-refractivity contribution is 6.11. The number of amides is 3. The van der Waals surface area contributed by atoms with Crippen molar-refractivity contribution in [3.8, 4) is 5.75 Å². The summed E-state index contributed by atoms with van der Waals surface area (Å²) in [5.41, 5.74) is 3.35. The Morgan fingerprint density at radius 2 is 1.24 bits per heavy atom. The molecule has 1 aliphatic heterocycles. The molecule has 0 radical (unpaired) electrons. The lowest BCUT2D eigenvalue weighted by Crippen LogP contribution is -2.32. The Morgan fingerprint density at radius 1 is 0.676 bits per heavy atom. The van der Waals surface area contributed by atoms with Gasteiger partial charge in [-0.1, -0.05) is 42.5 Å². The quantitative estimate of drug-likeness (QED) is 0.252. The van der Waals surface area contributed by atoms with E-state index in [1.54, 1.807) is 36.8 Å². The largest absolute Gasteiger partial charge is 0.487 e. The molecular formula is C29H25N5O3. The van der Waals surface area contributed by atoms with Crippen molar-refractivity contribution in [2.75, 3.05) is 0 Å². The van der Waals surface area contributed by atoms with Crippen molar-refractivity contribution in [1.29, 1.82) is 0 Å². The van der Waals surface area contributed by atoms with Gasteiger partial charge in [0, 0.05) is 18.6 Å². The molecule has 4 heterocycles. The first-order valence-electron chi connectivity index (χ1n) is 11.9. The van der Waals surface area contributed by atoms with Crippen molar-refractivity contribution in [3.63, 3.8) is 0 Å². The monoisotopic (exact) mass is 491 g/mol. The molecule has 0 bridgehead atoms. The zero-order chi connectivity index (χ0) is 25.5. The Balaban J connectivity index is 1.40. The first-order valence-corrected chi connectivity index (χ1v) is 11.9. The standard InChI is InChI=1S/C29H25N5O3/c35-28-26(15-14-22-9-1-2-13-27(22)37-21-25-12-5-8-18-32-25)33(19-23-10-3-6-16-30-23)29(36)34(28)20-24-11-4-7-17-31-24/h1-13,15-18H,14,19-21H2/b26-15+. The highest BCUT2D eigenvalue weighted by Gasteiger charge is 2.41. The predicted octanol–water partition coefficient (Wildman–Crippen LogP) is 4.54. The van der Waals surface area contributed by atoms with Crippen LogP contribution in [0, 0.1) is 0 Å². The molecule has 3 aromatic heterocycles. The van der Waals surface area contributed by atoms with Crippen molar-refractivity contribution in [2.45, 2.75) is 26.1 Å². The van der Waals surface area contributed by atoms with E-state index in [9.17, 15) is 9.59 Å². The molecule has 5 rings (SSSR count). The third kappa shape index (κ3) is 5.70.